The van der Waals surface area contributed by atoms with Crippen LogP contribution in [0.25, 0.3) is 0 Å². The molecule has 0 heterocycles. The molecule has 0 aliphatic heterocycles. The Balaban J connectivity index is 1.97. The minimum Gasteiger partial charge on any atom is -0.484 e. The second-order valence-corrected chi connectivity index (χ2v) is 4.49. The molecule has 0 saturated carbocycles. The normalized spacial score (nSPS) is 10.0. The predicted molar refractivity (Wildman–Crippen MR) is 77.1 cm³/mol. The van der Waals surface area contributed by atoms with Gasteiger partial charge < -0.3 is 10.1 Å². The third-order valence-electron chi connectivity index (χ3n) is 2.82. The van der Waals surface area contributed by atoms with Gasteiger partial charge in [0.25, 0.3) is 5.91 Å². The molecule has 0 spiro atoms. The molecule has 1 N–H and O–H groups in total. The molecule has 108 valence electrons. The third kappa shape index (κ3) is 4.14. The van der Waals surface area contributed by atoms with Crippen LogP contribution in [-0.2, 0) is 4.79 Å². The number of halogens is 1. The number of carbonyl (C=O) groups is 2. The Morgan fingerprint density at radius 1 is 1.29 bits per heavy atom. The molecule has 0 aliphatic rings. The van der Waals surface area contributed by atoms with E-state index < -0.39 is 5.82 Å². The second-order valence-electron chi connectivity index (χ2n) is 4.49. The summed E-state index contributed by atoms with van der Waals surface area (Å²) in [5.74, 6) is -0.813. The number of benzene rings is 2. The molecule has 2 rings (SSSR count). The van der Waals surface area contributed by atoms with Gasteiger partial charge in [-0.1, -0.05) is 18.2 Å². The van der Waals surface area contributed by atoms with Crippen LogP contribution in [0.3, 0.4) is 0 Å². The minimum absolute atomic E-state index is 0.136. The average Bonchev–Trinajstić information content (AvgIpc) is 2.47. The van der Waals surface area contributed by atoms with Gasteiger partial charge in [0, 0.05) is 17.3 Å². The van der Waals surface area contributed by atoms with Crippen LogP contribution in [0, 0.1) is 12.7 Å². The summed E-state index contributed by atoms with van der Waals surface area (Å²) in [6.45, 7) is 1.61. The van der Waals surface area contributed by atoms with Crippen molar-refractivity contribution in [3.63, 3.8) is 0 Å². The third-order valence-corrected chi connectivity index (χ3v) is 2.82. The Morgan fingerprint density at radius 3 is 2.76 bits per heavy atom. The highest BCUT2D eigenvalue weighted by atomic mass is 19.1. The molecule has 0 aromatic heterocycles. The minimum atomic E-state index is -0.589. The summed E-state index contributed by atoms with van der Waals surface area (Å²) in [6, 6.07) is 10.9. The first-order valence-electron chi connectivity index (χ1n) is 6.32. The Hall–Kier alpha value is -2.69. The molecule has 4 nitrogen and oxygen atoms in total. The van der Waals surface area contributed by atoms with Gasteiger partial charge >= 0.3 is 0 Å². The zero-order chi connectivity index (χ0) is 15.2. The molecular formula is C16H14FNO3. The molecule has 2 aromatic carbocycles. The van der Waals surface area contributed by atoms with Crippen LogP contribution in [0.2, 0.25) is 0 Å². The van der Waals surface area contributed by atoms with Crippen molar-refractivity contribution < 1.29 is 18.7 Å². The number of anilines is 1. The van der Waals surface area contributed by atoms with Crippen molar-refractivity contribution >= 4 is 17.9 Å². The van der Waals surface area contributed by atoms with Crippen LogP contribution in [0.4, 0.5) is 10.1 Å². The van der Waals surface area contributed by atoms with E-state index in [9.17, 15) is 14.0 Å². The van der Waals surface area contributed by atoms with Crippen molar-refractivity contribution in [1.29, 1.82) is 0 Å². The van der Waals surface area contributed by atoms with E-state index in [1.807, 2.05) is 25.1 Å². The summed E-state index contributed by atoms with van der Waals surface area (Å²) in [5.41, 5.74) is 1.78. The molecule has 0 fully saturated rings. The van der Waals surface area contributed by atoms with E-state index in [-0.39, 0.29) is 23.8 Å². The number of hydrogen-bond acceptors (Lipinski definition) is 3. The smallest absolute Gasteiger partial charge is 0.262 e. The number of para-hydroxylation sites is 1. The van der Waals surface area contributed by atoms with Crippen molar-refractivity contribution in [2.45, 2.75) is 6.92 Å². The summed E-state index contributed by atoms with van der Waals surface area (Å²) < 4.78 is 18.4. The molecule has 2 aromatic rings. The molecule has 1 amide bonds. The largest absolute Gasteiger partial charge is 0.484 e. The fourth-order valence-electron chi connectivity index (χ4n) is 1.78. The molecular weight excluding hydrogens is 273 g/mol. The van der Waals surface area contributed by atoms with Crippen LogP contribution in [0.1, 0.15) is 15.9 Å². The van der Waals surface area contributed by atoms with E-state index in [1.54, 1.807) is 6.07 Å². The summed E-state index contributed by atoms with van der Waals surface area (Å²) in [7, 11) is 0. The maximum absolute atomic E-state index is 13.2. The van der Waals surface area contributed by atoms with Crippen LogP contribution >= 0.6 is 0 Å². The molecule has 0 atom stereocenters. The van der Waals surface area contributed by atoms with Crippen LogP contribution in [0.15, 0.2) is 42.5 Å². The monoisotopic (exact) mass is 287 g/mol. The summed E-state index contributed by atoms with van der Waals surface area (Å²) in [4.78, 5) is 22.4. The van der Waals surface area contributed by atoms with Gasteiger partial charge in [-0.15, -0.1) is 0 Å². The Bertz CT molecular complexity index is 670. The maximum atomic E-state index is 13.2. The van der Waals surface area contributed by atoms with E-state index in [1.165, 1.54) is 6.07 Å². The first kappa shape index (κ1) is 14.7. The van der Waals surface area contributed by atoms with Gasteiger partial charge in [0.1, 0.15) is 17.9 Å². The van der Waals surface area contributed by atoms with Crippen LogP contribution in [-0.4, -0.2) is 18.8 Å². The first-order valence-corrected chi connectivity index (χ1v) is 6.32. The number of aryl methyl sites for hydroxylation is 1. The average molecular weight is 287 g/mol. The van der Waals surface area contributed by atoms with Crippen molar-refractivity contribution in [2.24, 2.45) is 0 Å². The van der Waals surface area contributed by atoms with E-state index >= 15 is 0 Å². The van der Waals surface area contributed by atoms with Gasteiger partial charge in [-0.05, 0) is 30.7 Å². The Morgan fingerprint density at radius 2 is 2.05 bits per heavy atom. The van der Waals surface area contributed by atoms with E-state index in [4.69, 9.17) is 4.74 Å². The summed E-state index contributed by atoms with van der Waals surface area (Å²) in [5, 5.41) is 2.70. The predicted octanol–water partition coefficient (Wildman–Crippen LogP) is 2.96. The topological polar surface area (TPSA) is 55.4 Å². The van der Waals surface area contributed by atoms with Crippen LogP contribution in [0.5, 0.6) is 5.75 Å². The zero-order valence-corrected chi connectivity index (χ0v) is 11.4. The molecule has 0 aliphatic carbocycles. The quantitative estimate of drug-likeness (QED) is 0.860. The van der Waals surface area contributed by atoms with Crippen molar-refractivity contribution in [3.05, 3.63) is 59.4 Å². The molecule has 0 radical (unpaired) electrons. The van der Waals surface area contributed by atoms with E-state index in [2.05, 4.69) is 5.32 Å². The SMILES string of the molecule is Cc1ccccc1NC(=O)COc1cc(F)cc(C=O)c1. The van der Waals surface area contributed by atoms with Gasteiger partial charge in [0.2, 0.25) is 0 Å². The maximum Gasteiger partial charge on any atom is 0.262 e. The van der Waals surface area contributed by atoms with Gasteiger partial charge in [-0.3, -0.25) is 9.59 Å². The van der Waals surface area contributed by atoms with Gasteiger partial charge in [0.05, 0.1) is 0 Å². The molecule has 21 heavy (non-hydrogen) atoms. The number of hydrogen-bond donors (Lipinski definition) is 1. The lowest BCUT2D eigenvalue weighted by Gasteiger charge is -2.09. The number of nitrogens with one attached hydrogen (secondary N) is 1. The zero-order valence-electron chi connectivity index (χ0n) is 11.4. The molecule has 0 bridgehead atoms. The number of amides is 1. The number of rotatable bonds is 5. The Labute approximate surface area is 121 Å². The molecule has 5 heteroatoms. The highest BCUT2D eigenvalue weighted by Gasteiger charge is 2.07. The lowest BCUT2D eigenvalue weighted by atomic mass is 10.2. The fourth-order valence-corrected chi connectivity index (χ4v) is 1.78. The van der Waals surface area contributed by atoms with E-state index in [0.29, 0.717) is 12.0 Å². The van der Waals surface area contributed by atoms with E-state index in [0.717, 1.165) is 17.7 Å². The van der Waals surface area contributed by atoms with Gasteiger partial charge in [-0.25, -0.2) is 4.39 Å². The number of aldehydes is 1. The van der Waals surface area contributed by atoms with Gasteiger partial charge in [-0.2, -0.15) is 0 Å². The highest BCUT2D eigenvalue weighted by molar-refractivity contribution is 5.92. The molecule has 0 saturated heterocycles. The van der Waals surface area contributed by atoms with Crippen molar-refractivity contribution in [3.8, 4) is 5.75 Å². The Kier molecular flexibility index (Phi) is 4.66. The second kappa shape index (κ2) is 6.65. The first-order chi connectivity index (χ1) is 10.1. The summed E-state index contributed by atoms with van der Waals surface area (Å²) in [6.07, 6.45) is 0.517. The lowest BCUT2D eigenvalue weighted by Crippen LogP contribution is -2.20. The van der Waals surface area contributed by atoms with Crippen molar-refractivity contribution in [1.82, 2.24) is 0 Å². The standard InChI is InChI=1S/C16H14FNO3/c1-11-4-2-3-5-15(11)18-16(20)10-21-14-7-12(9-19)6-13(17)8-14/h2-9H,10H2,1H3,(H,18,20). The molecule has 0 unspecified atom stereocenters. The highest BCUT2D eigenvalue weighted by Crippen LogP contribution is 2.16. The number of carbonyl (C=O) groups excluding carboxylic acids is 2. The van der Waals surface area contributed by atoms with Crippen LogP contribution < -0.4 is 10.1 Å². The number of ether oxygens (including phenoxy) is 1. The lowest BCUT2D eigenvalue weighted by molar-refractivity contribution is -0.118. The summed E-state index contributed by atoms with van der Waals surface area (Å²) >= 11 is 0. The van der Waals surface area contributed by atoms with Gasteiger partial charge in [0.15, 0.2) is 6.61 Å². The fraction of sp³-hybridized carbons (Fsp3) is 0.125. The van der Waals surface area contributed by atoms with Crippen molar-refractivity contribution in [2.75, 3.05) is 11.9 Å².